The Morgan fingerprint density at radius 1 is 0.612 bits per heavy atom. The molecule has 0 bridgehead atoms. The molecular formula is C55H97N15O14S. The summed E-state index contributed by atoms with van der Waals surface area (Å²) in [5.41, 5.74) is 24.1. The first kappa shape index (κ1) is 74.7. The molecule has 1 aliphatic rings. The summed E-state index contributed by atoms with van der Waals surface area (Å²) in [5.74, 6) is -10.0. The Labute approximate surface area is 499 Å². The molecule has 0 aromatic heterocycles. The molecule has 1 fully saturated rings. The second-order valence-electron chi connectivity index (χ2n) is 21.8. The zero-order valence-electron chi connectivity index (χ0n) is 49.9. The molecule has 30 heteroatoms. The molecule has 1 aromatic rings. The second kappa shape index (κ2) is 40.1. The maximum atomic E-state index is 14.5. The quantitative estimate of drug-likeness (QED) is 0.0311. The summed E-state index contributed by atoms with van der Waals surface area (Å²) in [6, 6.07) is -5.17. The van der Waals surface area contributed by atoms with E-state index in [0.717, 1.165) is 45.4 Å². The maximum Gasteiger partial charge on any atom is 0.245 e. The lowest BCUT2D eigenvalue weighted by molar-refractivity contribution is -0.136. The summed E-state index contributed by atoms with van der Waals surface area (Å²) < 4.78 is 27.6. The van der Waals surface area contributed by atoms with E-state index < -0.39 is 155 Å². The Morgan fingerprint density at radius 3 is 1.62 bits per heavy atom. The molecule has 21 N–H and O–H groups in total. The highest BCUT2D eigenvalue weighted by Crippen LogP contribution is 2.12. The van der Waals surface area contributed by atoms with E-state index in [0.29, 0.717) is 18.4 Å². The normalized spacial score (nSPS) is 22.4. The number of carbonyl (C=O) groups excluding carboxylic acids is 10. The number of rotatable bonds is 31. The van der Waals surface area contributed by atoms with Gasteiger partial charge >= 0.3 is 0 Å². The van der Waals surface area contributed by atoms with Crippen molar-refractivity contribution in [2.45, 2.75) is 198 Å². The molecule has 0 spiro atoms. The van der Waals surface area contributed by atoms with Crippen LogP contribution in [0.4, 0.5) is 0 Å². The van der Waals surface area contributed by atoms with Crippen LogP contribution in [0.5, 0.6) is 0 Å². The molecule has 0 saturated carbocycles. The third-order valence-corrected chi connectivity index (χ3v) is 15.2. The summed E-state index contributed by atoms with van der Waals surface area (Å²) in [7, 11) is -3.89. The molecule has 0 aliphatic carbocycles. The number of hydrogen-bond donors (Lipinski definition) is 17. The Kier molecular flexibility index (Phi) is 35.2. The van der Waals surface area contributed by atoms with E-state index in [4.69, 9.17) is 22.9 Å². The van der Waals surface area contributed by atoms with Crippen LogP contribution in [0.25, 0.3) is 0 Å². The monoisotopic (exact) mass is 1220 g/mol. The number of carbonyl (C=O) groups is 10. The van der Waals surface area contributed by atoms with E-state index in [9.17, 15) is 66.6 Å². The lowest BCUT2D eigenvalue weighted by Gasteiger charge is -2.28. The van der Waals surface area contributed by atoms with Gasteiger partial charge in [-0.2, -0.15) is 0 Å². The largest absolute Gasteiger partial charge is 0.391 e. The van der Waals surface area contributed by atoms with Crippen LogP contribution in [0.2, 0.25) is 0 Å². The van der Waals surface area contributed by atoms with E-state index in [2.05, 4.69) is 64.8 Å². The van der Waals surface area contributed by atoms with Crippen LogP contribution in [-0.4, -0.2) is 189 Å². The lowest BCUT2D eigenvalue weighted by Crippen LogP contribution is -2.61. The molecule has 1 aliphatic heterocycles. The van der Waals surface area contributed by atoms with Gasteiger partial charge in [-0.3, -0.25) is 47.9 Å². The number of unbranched alkanes of at least 4 members (excludes halogenated alkanes) is 7. The summed E-state index contributed by atoms with van der Waals surface area (Å²) >= 11 is 0. The predicted molar refractivity (Wildman–Crippen MR) is 317 cm³/mol. The van der Waals surface area contributed by atoms with Crippen LogP contribution >= 0.6 is 0 Å². The van der Waals surface area contributed by atoms with Gasteiger partial charge in [0.05, 0.1) is 24.5 Å². The standard InChI is InChI=1S/C55H97N15O14S/c1-6-7-8-9-10-11-12-16-29-85(83,84)61-32-44(73)69-46(35(5)72)55(82)66-39(21-26-58)48(75)65-41-23-28-60-54(81)45(34(4)71)70-51(78)40(22-27-59)63-47(74)37(19-24-56)64-52(79)42(30-33(2)3)67-53(80)43(31-36-17-14-13-15-18-36)68-49(76)38(20-25-57)62-50(41)77/h13-15,17-18,33-35,37-43,45-46,61,71-72H,6-12,16,19-32,56-59H2,1-5H3,(H,60,81)(H,62,77)(H,63,74)(H,64,79)(H,65,75)(H,66,82)(H,67,80)(H,68,76)(H,69,73)(H,70,78)/t34-,35-,37+,38+,39+,40+,41+,42+,43-,45+,46+/m1/s1. The zero-order chi connectivity index (χ0) is 63.6. The van der Waals surface area contributed by atoms with Crippen LogP contribution in [0, 0.1) is 5.92 Å². The molecule has 0 unspecified atom stereocenters. The van der Waals surface area contributed by atoms with Gasteiger partial charge in [0.15, 0.2) is 0 Å². The van der Waals surface area contributed by atoms with Crippen molar-refractivity contribution in [3.63, 3.8) is 0 Å². The first-order valence-electron chi connectivity index (χ1n) is 29.5. The van der Waals surface area contributed by atoms with Gasteiger partial charge in [0.1, 0.15) is 54.4 Å². The number of hydrogen-bond acceptors (Lipinski definition) is 18. The van der Waals surface area contributed by atoms with E-state index in [1.54, 1.807) is 44.2 Å². The van der Waals surface area contributed by atoms with Crippen LogP contribution in [0.3, 0.4) is 0 Å². The molecule has 1 heterocycles. The summed E-state index contributed by atoms with van der Waals surface area (Å²) in [4.78, 5) is 140. The Hall–Kier alpha value is -6.41. The van der Waals surface area contributed by atoms with E-state index in [1.807, 2.05) is 0 Å². The van der Waals surface area contributed by atoms with E-state index in [1.165, 1.54) is 6.92 Å². The van der Waals surface area contributed by atoms with Crippen molar-refractivity contribution in [2.75, 3.05) is 45.0 Å². The van der Waals surface area contributed by atoms with Gasteiger partial charge in [-0.1, -0.05) is 96.0 Å². The highest BCUT2D eigenvalue weighted by Gasteiger charge is 2.37. The topological polar surface area (TPSA) is 482 Å². The molecule has 482 valence electrons. The molecule has 29 nitrogen and oxygen atoms in total. The fourth-order valence-corrected chi connectivity index (χ4v) is 10.2. The predicted octanol–water partition coefficient (Wildman–Crippen LogP) is -4.62. The molecule has 10 amide bonds. The van der Waals surface area contributed by atoms with Crippen molar-refractivity contribution in [2.24, 2.45) is 28.9 Å². The maximum absolute atomic E-state index is 14.5. The minimum Gasteiger partial charge on any atom is -0.391 e. The molecule has 2 rings (SSSR count). The number of sulfonamides is 1. The van der Waals surface area contributed by atoms with Gasteiger partial charge in [-0.25, -0.2) is 13.1 Å². The Bertz CT molecular complexity index is 2410. The van der Waals surface area contributed by atoms with Crippen molar-refractivity contribution in [1.82, 2.24) is 57.9 Å². The van der Waals surface area contributed by atoms with E-state index >= 15 is 0 Å². The SMILES string of the molecule is CCCCCCCCCCS(=O)(=O)NCC(=O)N[C@H](C(=O)N[C@@H](CCN)C(=O)N[C@H]1CCNC(=O)[C@H]([C@@H](C)O)NC(=O)[C@H](CCN)NC(=O)[C@H](CCN)NC(=O)[C@H](CC(C)C)NC(=O)[C@@H](Cc2ccccc2)NC(=O)[C@H](CCN)NC1=O)[C@@H](C)O. The molecule has 1 aromatic carbocycles. The van der Waals surface area contributed by atoms with Crippen molar-refractivity contribution < 1.29 is 66.6 Å². The van der Waals surface area contributed by atoms with Crippen molar-refractivity contribution >= 4 is 69.1 Å². The highest BCUT2D eigenvalue weighted by atomic mass is 32.2. The second-order valence-corrected chi connectivity index (χ2v) is 23.7. The van der Waals surface area contributed by atoms with E-state index in [-0.39, 0.29) is 76.4 Å². The minimum atomic E-state index is -3.89. The third kappa shape index (κ3) is 28.6. The average molecular weight is 1220 g/mol. The fourth-order valence-electron chi connectivity index (χ4n) is 9.08. The van der Waals surface area contributed by atoms with Gasteiger partial charge in [0, 0.05) is 13.0 Å². The summed E-state index contributed by atoms with van der Waals surface area (Å²) in [6.07, 6.45) is 2.75. The van der Waals surface area contributed by atoms with Crippen molar-refractivity contribution in [3.05, 3.63) is 35.9 Å². The van der Waals surface area contributed by atoms with Crippen LogP contribution in [-0.2, 0) is 64.4 Å². The van der Waals surface area contributed by atoms with Crippen molar-refractivity contribution in [3.8, 4) is 0 Å². The molecule has 0 radical (unpaired) electrons. The van der Waals surface area contributed by atoms with Crippen LogP contribution in [0.1, 0.15) is 130 Å². The number of nitrogens with one attached hydrogen (secondary N) is 11. The first-order valence-corrected chi connectivity index (χ1v) is 31.1. The summed E-state index contributed by atoms with van der Waals surface area (Å²) in [6.45, 7) is 6.08. The van der Waals surface area contributed by atoms with Gasteiger partial charge < -0.3 is 86.3 Å². The Balaban J connectivity index is 2.59. The number of amides is 10. The fraction of sp³-hybridized carbons (Fsp3) is 0.709. The zero-order valence-corrected chi connectivity index (χ0v) is 50.7. The molecular weight excluding hydrogens is 1130 g/mol. The highest BCUT2D eigenvalue weighted by molar-refractivity contribution is 7.89. The number of aliphatic hydroxyl groups excluding tert-OH is 2. The molecule has 11 atom stereocenters. The minimum absolute atomic E-state index is 0.0412. The molecule has 1 saturated heterocycles. The number of benzene rings is 1. The lowest BCUT2D eigenvalue weighted by atomic mass is 10.00. The summed E-state index contributed by atoms with van der Waals surface area (Å²) in [5, 5.41) is 46.5. The smallest absolute Gasteiger partial charge is 0.245 e. The van der Waals surface area contributed by atoms with Crippen molar-refractivity contribution in [1.29, 1.82) is 0 Å². The first-order chi connectivity index (χ1) is 40.3. The van der Waals surface area contributed by atoms with Gasteiger partial charge in [-0.05, 0) is 96.5 Å². The van der Waals surface area contributed by atoms with Gasteiger partial charge in [0.2, 0.25) is 69.1 Å². The third-order valence-electron chi connectivity index (χ3n) is 13.8. The van der Waals surface area contributed by atoms with Gasteiger partial charge in [-0.15, -0.1) is 0 Å². The molecule has 85 heavy (non-hydrogen) atoms. The van der Waals surface area contributed by atoms with Crippen LogP contribution < -0.4 is 80.8 Å². The van der Waals surface area contributed by atoms with Gasteiger partial charge in [0.25, 0.3) is 0 Å². The Morgan fingerprint density at radius 2 is 1.11 bits per heavy atom. The average Bonchev–Trinajstić information content (AvgIpc) is 3.47. The van der Waals surface area contributed by atoms with Crippen LogP contribution in [0.15, 0.2) is 30.3 Å². The number of aliphatic hydroxyl groups is 2. The number of nitrogens with two attached hydrogens (primary N) is 4.